The predicted molar refractivity (Wildman–Crippen MR) is 101 cm³/mol. The van der Waals surface area contributed by atoms with Gasteiger partial charge in [-0.3, -0.25) is 9.59 Å². The van der Waals surface area contributed by atoms with Gasteiger partial charge in [0, 0.05) is 31.7 Å². The average Bonchev–Trinajstić information content (AvgIpc) is 2.97. The SMILES string of the molecule is Cc1cccc(C(=O)N2CCCN(C(=O)c3coc(CN)c3)CC2)c1.Cl. The molecule has 0 atom stereocenters. The molecule has 2 aromatic rings. The molecule has 1 fully saturated rings. The van der Waals surface area contributed by atoms with Gasteiger partial charge < -0.3 is 20.0 Å². The molecule has 0 bridgehead atoms. The van der Waals surface area contributed by atoms with Gasteiger partial charge in [-0.05, 0) is 31.5 Å². The normalized spacial score (nSPS) is 14.5. The second kappa shape index (κ2) is 8.87. The Hall–Kier alpha value is -2.31. The van der Waals surface area contributed by atoms with Crippen LogP contribution in [0.5, 0.6) is 0 Å². The molecule has 26 heavy (non-hydrogen) atoms. The van der Waals surface area contributed by atoms with Crippen molar-refractivity contribution in [3.8, 4) is 0 Å². The molecule has 2 heterocycles. The van der Waals surface area contributed by atoms with Gasteiger partial charge in [0.25, 0.3) is 11.8 Å². The minimum Gasteiger partial charge on any atom is -0.467 e. The molecule has 0 unspecified atom stereocenters. The van der Waals surface area contributed by atoms with Crippen molar-refractivity contribution >= 4 is 24.2 Å². The molecule has 2 amide bonds. The van der Waals surface area contributed by atoms with Gasteiger partial charge in [-0.25, -0.2) is 0 Å². The standard InChI is InChI=1S/C19H23N3O3.ClH/c1-14-4-2-5-15(10-14)18(23)21-6-3-7-22(9-8-21)19(24)16-11-17(12-20)25-13-16;/h2,4-5,10-11,13H,3,6-9,12,20H2,1H3;1H. The zero-order valence-corrected chi connectivity index (χ0v) is 15.6. The molecule has 0 radical (unpaired) electrons. The van der Waals surface area contributed by atoms with E-state index in [1.165, 1.54) is 6.26 Å². The zero-order chi connectivity index (χ0) is 17.8. The van der Waals surface area contributed by atoms with E-state index < -0.39 is 0 Å². The molecule has 3 rings (SSSR count). The number of aryl methyl sites for hydroxylation is 1. The fraction of sp³-hybridized carbons (Fsp3) is 0.368. The molecule has 6 nitrogen and oxygen atoms in total. The lowest BCUT2D eigenvalue weighted by Crippen LogP contribution is -2.37. The van der Waals surface area contributed by atoms with Crippen LogP contribution in [0.15, 0.2) is 41.0 Å². The minimum absolute atomic E-state index is 0. The summed E-state index contributed by atoms with van der Waals surface area (Å²) in [5.74, 6) is 0.537. The highest BCUT2D eigenvalue weighted by atomic mass is 35.5. The number of nitrogens with zero attached hydrogens (tertiary/aromatic N) is 2. The summed E-state index contributed by atoms with van der Waals surface area (Å²) in [5.41, 5.74) is 7.79. The van der Waals surface area contributed by atoms with E-state index in [-0.39, 0.29) is 30.8 Å². The second-order valence-electron chi connectivity index (χ2n) is 6.31. The zero-order valence-electron chi connectivity index (χ0n) is 14.8. The van der Waals surface area contributed by atoms with Crippen molar-refractivity contribution in [2.75, 3.05) is 26.2 Å². The maximum absolute atomic E-state index is 12.7. The van der Waals surface area contributed by atoms with E-state index in [9.17, 15) is 9.59 Å². The fourth-order valence-electron chi connectivity index (χ4n) is 3.07. The summed E-state index contributed by atoms with van der Waals surface area (Å²) in [6, 6.07) is 9.28. The summed E-state index contributed by atoms with van der Waals surface area (Å²) >= 11 is 0. The highest BCUT2D eigenvalue weighted by molar-refractivity contribution is 5.95. The quantitative estimate of drug-likeness (QED) is 0.891. The Morgan fingerprint density at radius 3 is 2.27 bits per heavy atom. The molecule has 1 saturated heterocycles. The molecule has 1 aromatic heterocycles. The minimum atomic E-state index is -0.0756. The molecule has 1 aliphatic rings. The van der Waals surface area contributed by atoms with Crippen molar-refractivity contribution < 1.29 is 14.0 Å². The fourth-order valence-corrected chi connectivity index (χ4v) is 3.07. The number of halogens is 1. The number of amides is 2. The largest absolute Gasteiger partial charge is 0.467 e. The maximum atomic E-state index is 12.7. The molecule has 1 aromatic carbocycles. The third-order valence-corrected chi connectivity index (χ3v) is 4.44. The molecule has 0 saturated carbocycles. The third-order valence-electron chi connectivity index (χ3n) is 4.44. The third kappa shape index (κ3) is 4.45. The van der Waals surface area contributed by atoms with E-state index in [1.807, 2.05) is 36.1 Å². The van der Waals surface area contributed by atoms with Gasteiger partial charge in [-0.1, -0.05) is 17.7 Å². The van der Waals surface area contributed by atoms with Crippen molar-refractivity contribution in [3.63, 3.8) is 0 Å². The van der Waals surface area contributed by atoms with Crippen LogP contribution in [-0.4, -0.2) is 47.8 Å². The van der Waals surface area contributed by atoms with Gasteiger partial charge in [0.2, 0.25) is 0 Å². The summed E-state index contributed by atoms with van der Waals surface area (Å²) in [6.07, 6.45) is 2.20. The number of hydrogen-bond acceptors (Lipinski definition) is 4. The number of rotatable bonds is 3. The van der Waals surface area contributed by atoms with Crippen LogP contribution in [0.2, 0.25) is 0 Å². The topological polar surface area (TPSA) is 79.8 Å². The number of furan rings is 1. The van der Waals surface area contributed by atoms with Gasteiger partial charge >= 0.3 is 0 Å². The monoisotopic (exact) mass is 377 g/mol. The van der Waals surface area contributed by atoms with Gasteiger partial charge in [-0.15, -0.1) is 12.4 Å². The Morgan fingerprint density at radius 1 is 1.04 bits per heavy atom. The first-order valence-electron chi connectivity index (χ1n) is 8.51. The first kappa shape index (κ1) is 20.0. The number of carbonyl (C=O) groups excluding carboxylic acids is 2. The first-order chi connectivity index (χ1) is 12.1. The van der Waals surface area contributed by atoms with Crippen LogP contribution in [0, 0.1) is 6.92 Å². The van der Waals surface area contributed by atoms with E-state index in [0.717, 1.165) is 12.0 Å². The number of nitrogens with two attached hydrogens (primary N) is 1. The molecule has 0 spiro atoms. The number of benzene rings is 1. The lowest BCUT2D eigenvalue weighted by atomic mass is 10.1. The second-order valence-corrected chi connectivity index (χ2v) is 6.31. The summed E-state index contributed by atoms with van der Waals surface area (Å²) < 4.78 is 5.25. The summed E-state index contributed by atoms with van der Waals surface area (Å²) in [4.78, 5) is 28.9. The van der Waals surface area contributed by atoms with Crippen LogP contribution in [0.3, 0.4) is 0 Å². The number of carbonyl (C=O) groups is 2. The van der Waals surface area contributed by atoms with Gasteiger partial charge in [-0.2, -0.15) is 0 Å². The van der Waals surface area contributed by atoms with Crippen molar-refractivity contribution in [3.05, 3.63) is 59.0 Å². The van der Waals surface area contributed by atoms with Crippen molar-refractivity contribution in [2.24, 2.45) is 5.73 Å². The Labute approximate surface area is 159 Å². The van der Waals surface area contributed by atoms with E-state index >= 15 is 0 Å². The van der Waals surface area contributed by atoms with Crippen molar-refractivity contribution in [1.29, 1.82) is 0 Å². The summed E-state index contributed by atoms with van der Waals surface area (Å²) in [5, 5.41) is 0. The molecule has 2 N–H and O–H groups in total. The maximum Gasteiger partial charge on any atom is 0.257 e. The van der Waals surface area contributed by atoms with Crippen molar-refractivity contribution in [1.82, 2.24) is 9.80 Å². The van der Waals surface area contributed by atoms with Gasteiger partial charge in [0.05, 0.1) is 12.1 Å². The van der Waals surface area contributed by atoms with Crippen LogP contribution in [0.25, 0.3) is 0 Å². The Morgan fingerprint density at radius 2 is 1.69 bits per heavy atom. The lowest BCUT2D eigenvalue weighted by molar-refractivity contribution is 0.0718. The van der Waals surface area contributed by atoms with Crippen LogP contribution < -0.4 is 5.73 Å². The average molecular weight is 378 g/mol. The van der Waals surface area contributed by atoms with E-state index in [0.29, 0.717) is 43.1 Å². The highest BCUT2D eigenvalue weighted by Crippen LogP contribution is 2.14. The van der Waals surface area contributed by atoms with E-state index in [2.05, 4.69) is 0 Å². The molecular weight excluding hydrogens is 354 g/mol. The highest BCUT2D eigenvalue weighted by Gasteiger charge is 2.24. The first-order valence-corrected chi connectivity index (χ1v) is 8.51. The van der Waals surface area contributed by atoms with Gasteiger partial charge in [0.1, 0.15) is 12.0 Å². The summed E-state index contributed by atoms with van der Waals surface area (Å²) in [6.45, 7) is 4.56. The lowest BCUT2D eigenvalue weighted by Gasteiger charge is -2.22. The van der Waals surface area contributed by atoms with Crippen LogP contribution in [0.1, 0.15) is 38.5 Å². The Kier molecular flexibility index (Phi) is 6.83. The van der Waals surface area contributed by atoms with Crippen LogP contribution in [0.4, 0.5) is 0 Å². The number of hydrogen-bond donors (Lipinski definition) is 1. The molecule has 140 valence electrons. The Bertz CT molecular complexity index is 775. The smallest absolute Gasteiger partial charge is 0.257 e. The van der Waals surface area contributed by atoms with Crippen molar-refractivity contribution in [2.45, 2.75) is 19.9 Å². The van der Waals surface area contributed by atoms with Crippen LogP contribution >= 0.6 is 12.4 Å². The molecule has 0 aliphatic carbocycles. The van der Waals surface area contributed by atoms with Gasteiger partial charge in [0.15, 0.2) is 0 Å². The van der Waals surface area contributed by atoms with E-state index in [1.54, 1.807) is 11.0 Å². The molecule has 1 aliphatic heterocycles. The predicted octanol–water partition coefficient (Wildman–Crippen LogP) is 2.46. The molecule has 7 heteroatoms. The summed E-state index contributed by atoms with van der Waals surface area (Å²) in [7, 11) is 0. The van der Waals surface area contributed by atoms with E-state index in [4.69, 9.17) is 10.2 Å². The van der Waals surface area contributed by atoms with Crippen LogP contribution in [-0.2, 0) is 6.54 Å². The molecular formula is C19H24ClN3O3. The Balaban J connectivity index is 0.00000243.